The van der Waals surface area contributed by atoms with E-state index in [4.69, 9.17) is 0 Å². The fourth-order valence-corrected chi connectivity index (χ4v) is 3.14. The van der Waals surface area contributed by atoms with Crippen LogP contribution in [-0.2, 0) is 6.18 Å². The minimum Gasteiger partial charge on any atom is -0.505 e. The van der Waals surface area contributed by atoms with E-state index in [0.29, 0.717) is 11.4 Å². The first-order valence-corrected chi connectivity index (χ1v) is 9.61. The maximum atomic E-state index is 13.6. The van der Waals surface area contributed by atoms with Crippen molar-refractivity contribution in [1.82, 2.24) is 9.78 Å². The Morgan fingerprint density at radius 1 is 0.909 bits per heavy atom. The number of hydrogen-bond acceptors (Lipinski definition) is 3. The number of phenols is 1. The number of nitrogens with zero attached hydrogens (tertiary/aromatic N) is 3. The average molecular weight is 456 g/mol. The summed E-state index contributed by atoms with van der Waals surface area (Å²) in [7, 11) is 0. The van der Waals surface area contributed by atoms with Crippen LogP contribution in [0.15, 0.2) is 84.9 Å². The van der Waals surface area contributed by atoms with Crippen LogP contribution in [0.4, 0.5) is 39.5 Å². The van der Waals surface area contributed by atoms with Gasteiger partial charge in [-0.3, -0.25) is 10.2 Å². The Bertz CT molecular complexity index is 1270. The summed E-state index contributed by atoms with van der Waals surface area (Å²) in [6.07, 6.45) is -4.73. The number of benzene rings is 3. The zero-order valence-corrected chi connectivity index (χ0v) is 16.8. The van der Waals surface area contributed by atoms with Crippen molar-refractivity contribution in [3.63, 3.8) is 0 Å². The summed E-state index contributed by atoms with van der Waals surface area (Å²) in [5.41, 5.74) is -0.455. The predicted octanol–water partition coefficient (Wildman–Crippen LogP) is 6.11. The van der Waals surface area contributed by atoms with Gasteiger partial charge in [0.05, 0.1) is 17.1 Å². The van der Waals surface area contributed by atoms with Crippen molar-refractivity contribution < 1.29 is 27.5 Å². The van der Waals surface area contributed by atoms with Crippen LogP contribution < -0.4 is 10.2 Å². The second kappa shape index (κ2) is 8.65. The highest BCUT2D eigenvalue weighted by Crippen LogP contribution is 2.33. The van der Waals surface area contributed by atoms with E-state index in [0.717, 1.165) is 27.8 Å². The van der Waals surface area contributed by atoms with Gasteiger partial charge < -0.3 is 5.11 Å². The molecule has 33 heavy (non-hydrogen) atoms. The second-order valence-electron chi connectivity index (χ2n) is 6.90. The normalized spacial score (nSPS) is 11.3. The zero-order chi connectivity index (χ0) is 23.6. The lowest BCUT2D eigenvalue weighted by atomic mass is 10.2. The summed E-state index contributed by atoms with van der Waals surface area (Å²) >= 11 is 0. The van der Waals surface area contributed by atoms with Crippen LogP contribution in [-0.4, -0.2) is 20.9 Å². The van der Waals surface area contributed by atoms with Crippen molar-refractivity contribution in [2.75, 3.05) is 10.2 Å². The molecular weight excluding hydrogens is 440 g/mol. The van der Waals surface area contributed by atoms with Gasteiger partial charge in [0.1, 0.15) is 5.82 Å². The van der Waals surface area contributed by atoms with E-state index < -0.39 is 29.5 Å². The van der Waals surface area contributed by atoms with Gasteiger partial charge in [0.25, 0.3) is 0 Å². The SMILES string of the molecule is O=C(Nc1cc(C(F)(F)F)nn1-c1ccccc1)N(c1ccccc1)c1ccc(F)c(O)c1. The number of carbonyl (C=O) groups excluding carboxylic acids is 1. The molecule has 0 radical (unpaired) electrons. The number of aromatic hydroxyl groups is 1. The summed E-state index contributed by atoms with van der Waals surface area (Å²) in [5, 5.41) is 15.8. The van der Waals surface area contributed by atoms with Gasteiger partial charge >= 0.3 is 12.2 Å². The smallest absolute Gasteiger partial charge is 0.435 e. The Morgan fingerprint density at radius 3 is 2.15 bits per heavy atom. The van der Waals surface area contributed by atoms with Gasteiger partial charge in [-0.25, -0.2) is 13.9 Å². The molecule has 1 aromatic heterocycles. The highest BCUT2D eigenvalue weighted by Gasteiger charge is 2.35. The number of halogens is 4. The molecule has 0 spiro atoms. The molecule has 0 aliphatic heterocycles. The van der Waals surface area contributed by atoms with Crippen molar-refractivity contribution in [1.29, 1.82) is 0 Å². The summed E-state index contributed by atoms with van der Waals surface area (Å²) in [6, 6.07) is 19.3. The maximum absolute atomic E-state index is 13.6. The minimum atomic E-state index is -4.73. The molecular formula is C23H16F4N4O2. The van der Waals surface area contributed by atoms with Crippen molar-refractivity contribution >= 4 is 23.2 Å². The lowest BCUT2D eigenvalue weighted by Gasteiger charge is -2.23. The number of urea groups is 1. The summed E-state index contributed by atoms with van der Waals surface area (Å²) < 4.78 is 54.6. The van der Waals surface area contributed by atoms with Crippen LogP contribution in [0, 0.1) is 5.82 Å². The largest absolute Gasteiger partial charge is 0.505 e. The summed E-state index contributed by atoms with van der Waals surface area (Å²) in [6.45, 7) is 0. The summed E-state index contributed by atoms with van der Waals surface area (Å²) in [5.74, 6) is -1.80. The van der Waals surface area contributed by atoms with E-state index in [-0.39, 0.29) is 11.5 Å². The van der Waals surface area contributed by atoms with Crippen LogP contribution >= 0.6 is 0 Å². The van der Waals surface area contributed by atoms with Crippen molar-refractivity contribution in [2.45, 2.75) is 6.18 Å². The van der Waals surface area contributed by atoms with Gasteiger partial charge in [-0.15, -0.1) is 0 Å². The van der Waals surface area contributed by atoms with Crippen LogP contribution in [0.1, 0.15) is 5.69 Å². The molecule has 0 bridgehead atoms. The van der Waals surface area contributed by atoms with E-state index in [1.807, 2.05) is 0 Å². The van der Waals surface area contributed by atoms with E-state index in [2.05, 4.69) is 10.4 Å². The van der Waals surface area contributed by atoms with Gasteiger partial charge in [-0.1, -0.05) is 36.4 Å². The van der Waals surface area contributed by atoms with Crippen molar-refractivity contribution in [2.24, 2.45) is 0 Å². The molecule has 6 nitrogen and oxygen atoms in total. The van der Waals surface area contributed by atoms with Gasteiger partial charge in [-0.2, -0.15) is 18.3 Å². The standard InChI is InChI=1S/C23H16F4N4O2/c24-18-12-11-17(13-19(18)32)30(15-7-3-1-4-8-15)22(33)28-21-14-20(23(25,26)27)29-31(21)16-9-5-2-6-10-16/h1-14,32H,(H,28,33). The number of carbonyl (C=O) groups is 1. The number of rotatable bonds is 4. The number of para-hydroxylation sites is 2. The number of alkyl halides is 3. The molecule has 0 aliphatic rings. The van der Waals surface area contributed by atoms with E-state index >= 15 is 0 Å². The number of phenolic OH excluding ortho intramolecular Hbond substituents is 1. The van der Waals surface area contributed by atoms with Crippen LogP contribution in [0.5, 0.6) is 5.75 Å². The van der Waals surface area contributed by atoms with E-state index in [1.165, 1.54) is 18.2 Å². The Balaban J connectivity index is 1.77. The minimum absolute atomic E-state index is 0.0967. The molecule has 0 fully saturated rings. The quantitative estimate of drug-likeness (QED) is 0.364. The Labute approximate surface area is 185 Å². The van der Waals surface area contributed by atoms with Crippen LogP contribution in [0.2, 0.25) is 0 Å². The number of anilines is 3. The number of aromatic nitrogens is 2. The number of nitrogens with one attached hydrogen (secondary N) is 1. The van der Waals surface area contributed by atoms with E-state index in [1.54, 1.807) is 48.5 Å². The van der Waals surface area contributed by atoms with Crippen LogP contribution in [0.25, 0.3) is 5.69 Å². The molecule has 2 amide bonds. The summed E-state index contributed by atoms with van der Waals surface area (Å²) in [4.78, 5) is 14.4. The molecule has 0 saturated heterocycles. The molecule has 4 rings (SSSR count). The first kappa shape index (κ1) is 21.9. The molecule has 3 aromatic carbocycles. The Hall–Kier alpha value is -4.34. The second-order valence-corrected chi connectivity index (χ2v) is 6.90. The first-order valence-electron chi connectivity index (χ1n) is 9.61. The maximum Gasteiger partial charge on any atom is 0.435 e. The molecule has 0 aliphatic carbocycles. The Morgan fingerprint density at radius 2 is 1.55 bits per heavy atom. The Kier molecular flexibility index (Phi) is 5.74. The highest BCUT2D eigenvalue weighted by molar-refractivity contribution is 6.07. The average Bonchev–Trinajstić information content (AvgIpc) is 3.22. The van der Waals surface area contributed by atoms with Crippen molar-refractivity contribution in [3.05, 3.63) is 96.4 Å². The lowest BCUT2D eigenvalue weighted by Crippen LogP contribution is -2.31. The predicted molar refractivity (Wildman–Crippen MR) is 114 cm³/mol. The third-order valence-electron chi connectivity index (χ3n) is 4.64. The third-order valence-corrected chi connectivity index (χ3v) is 4.64. The molecule has 0 unspecified atom stereocenters. The van der Waals surface area contributed by atoms with Gasteiger partial charge in [0.15, 0.2) is 17.3 Å². The molecule has 4 aromatic rings. The molecule has 0 atom stereocenters. The zero-order valence-electron chi connectivity index (χ0n) is 16.8. The topological polar surface area (TPSA) is 70.4 Å². The number of hydrogen-bond donors (Lipinski definition) is 2. The monoisotopic (exact) mass is 456 g/mol. The van der Waals surface area contributed by atoms with E-state index in [9.17, 15) is 27.5 Å². The number of amides is 2. The molecule has 168 valence electrons. The molecule has 1 heterocycles. The van der Waals surface area contributed by atoms with Crippen molar-refractivity contribution in [3.8, 4) is 11.4 Å². The lowest BCUT2D eigenvalue weighted by molar-refractivity contribution is -0.141. The third kappa shape index (κ3) is 4.64. The molecule has 0 saturated carbocycles. The molecule has 10 heteroatoms. The first-order chi connectivity index (χ1) is 15.7. The molecule has 2 N–H and O–H groups in total. The fraction of sp³-hybridized carbons (Fsp3) is 0.0435. The highest BCUT2D eigenvalue weighted by atomic mass is 19.4. The van der Waals surface area contributed by atoms with Crippen LogP contribution in [0.3, 0.4) is 0 Å². The van der Waals surface area contributed by atoms with Gasteiger partial charge in [0.2, 0.25) is 0 Å². The van der Waals surface area contributed by atoms with Gasteiger partial charge in [-0.05, 0) is 36.4 Å². The van der Waals surface area contributed by atoms with Gasteiger partial charge in [0, 0.05) is 12.1 Å². The fourth-order valence-electron chi connectivity index (χ4n) is 3.14.